The lowest BCUT2D eigenvalue weighted by molar-refractivity contribution is 0.174. The average Bonchev–Trinajstić information content (AvgIpc) is 2.93. The molecule has 0 amide bonds. The summed E-state index contributed by atoms with van der Waals surface area (Å²) in [7, 11) is 0. The van der Waals surface area contributed by atoms with Crippen molar-refractivity contribution in [1.82, 2.24) is 9.97 Å². The molecule has 1 aromatic heterocycles. The van der Waals surface area contributed by atoms with Gasteiger partial charge < -0.3 is 20.9 Å². The summed E-state index contributed by atoms with van der Waals surface area (Å²) >= 11 is 0. The molecular weight excluding hydrogens is 292 g/mol. The molecule has 122 valence electrons. The zero-order valence-corrected chi connectivity index (χ0v) is 13.7. The Balaban J connectivity index is 1.79. The molecule has 2 heterocycles. The highest BCUT2D eigenvalue weighted by Crippen LogP contribution is 2.38. The molecule has 1 aliphatic heterocycles. The van der Waals surface area contributed by atoms with E-state index in [9.17, 15) is 0 Å². The van der Waals surface area contributed by atoms with Crippen molar-refractivity contribution in [2.45, 2.75) is 39.0 Å². The molecule has 2 aromatic rings. The highest BCUT2D eigenvalue weighted by molar-refractivity contribution is 5.47. The van der Waals surface area contributed by atoms with Gasteiger partial charge in [0.15, 0.2) is 11.5 Å². The molecule has 23 heavy (non-hydrogen) atoms. The number of aromatic nitrogens is 2. The van der Waals surface area contributed by atoms with Gasteiger partial charge >= 0.3 is 0 Å². The normalized spacial score (nSPS) is 13.3. The van der Waals surface area contributed by atoms with E-state index in [-0.39, 0.29) is 18.2 Å². The number of hydrogen-bond acceptors (Lipinski definition) is 6. The van der Waals surface area contributed by atoms with E-state index in [0.29, 0.717) is 5.82 Å². The second-order valence-corrected chi connectivity index (χ2v) is 6.48. The maximum Gasteiger partial charge on any atom is 0.231 e. The highest BCUT2D eigenvalue weighted by Gasteiger charge is 2.24. The molecule has 4 N–H and O–H groups in total. The molecule has 6 nitrogen and oxygen atoms in total. The van der Waals surface area contributed by atoms with Crippen LogP contribution in [-0.4, -0.2) is 16.8 Å². The van der Waals surface area contributed by atoms with Crippen LogP contribution in [0.3, 0.4) is 0 Å². The topological polar surface area (TPSA) is 96.3 Å². The first kappa shape index (κ1) is 15.4. The first-order valence-electron chi connectivity index (χ1n) is 7.65. The van der Waals surface area contributed by atoms with Crippen LogP contribution in [0.25, 0.3) is 0 Å². The lowest BCUT2D eigenvalue weighted by atomic mass is 9.79. The molecule has 0 saturated heterocycles. The van der Waals surface area contributed by atoms with Crippen molar-refractivity contribution >= 4 is 11.8 Å². The lowest BCUT2D eigenvalue weighted by Crippen LogP contribution is -2.19. The molecule has 0 radical (unpaired) electrons. The summed E-state index contributed by atoms with van der Waals surface area (Å²) in [6.45, 7) is 6.61. The monoisotopic (exact) mass is 314 g/mol. The second kappa shape index (κ2) is 5.61. The Morgan fingerprint density at radius 2 is 1.87 bits per heavy atom. The van der Waals surface area contributed by atoms with Gasteiger partial charge in [0.2, 0.25) is 12.7 Å². The molecule has 1 aromatic carbocycles. The number of hydrogen-bond donors (Lipinski definition) is 2. The summed E-state index contributed by atoms with van der Waals surface area (Å²) in [4.78, 5) is 8.27. The van der Waals surface area contributed by atoms with Gasteiger partial charge in [-0.2, -0.15) is 4.98 Å². The summed E-state index contributed by atoms with van der Waals surface area (Å²) in [6, 6.07) is 6.10. The minimum atomic E-state index is -0.0404. The Hall–Kier alpha value is -2.50. The van der Waals surface area contributed by atoms with Crippen LogP contribution in [0.15, 0.2) is 18.2 Å². The molecule has 3 rings (SSSR count). The van der Waals surface area contributed by atoms with Crippen molar-refractivity contribution < 1.29 is 9.47 Å². The van der Waals surface area contributed by atoms with E-state index >= 15 is 0 Å². The van der Waals surface area contributed by atoms with Gasteiger partial charge in [0.05, 0.1) is 0 Å². The molecule has 6 heteroatoms. The summed E-state index contributed by atoms with van der Waals surface area (Å²) in [5, 5.41) is 0. The molecule has 0 fully saturated rings. The van der Waals surface area contributed by atoms with Gasteiger partial charge in [-0.3, -0.25) is 0 Å². The van der Waals surface area contributed by atoms with Crippen LogP contribution in [0, 0.1) is 6.92 Å². The van der Waals surface area contributed by atoms with E-state index in [1.165, 1.54) is 5.56 Å². The van der Waals surface area contributed by atoms with Gasteiger partial charge in [0.1, 0.15) is 5.82 Å². The van der Waals surface area contributed by atoms with Crippen LogP contribution in [-0.2, 0) is 11.8 Å². The van der Waals surface area contributed by atoms with Gasteiger partial charge in [-0.25, -0.2) is 4.98 Å². The maximum absolute atomic E-state index is 6.00. The van der Waals surface area contributed by atoms with Gasteiger partial charge in [0, 0.05) is 11.3 Å². The number of ether oxygens (including phenoxy) is 2. The summed E-state index contributed by atoms with van der Waals surface area (Å²) in [6.07, 6.45) is 1.70. The predicted octanol–water partition coefficient (Wildman–Crippen LogP) is 2.59. The van der Waals surface area contributed by atoms with Crippen molar-refractivity contribution in [2.24, 2.45) is 0 Å². The standard InChI is InChI=1S/C17H22N4O2/c1-10-12(15(18)21-16(19)20-10)6-7-17(2,3)11-4-5-13-14(8-11)23-9-22-13/h4-5,8H,6-7,9H2,1-3H3,(H4,18,19,20,21). The summed E-state index contributed by atoms with van der Waals surface area (Å²) in [5.41, 5.74) is 14.6. The Labute approximate surface area is 135 Å². The average molecular weight is 314 g/mol. The van der Waals surface area contributed by atoms with Crippen LogP contribution in [0.2, 0.25) is 0 Å². The van der Waals surface area contributed by atoms with Crippen LogP contribution in [0.4, 0.5) is 11.8 Å². The van der Waals surface area contributed by atoms with Crippen LogP contribution in [0.5, 0.6) is 11.5 Å². The van der Waals surface area contributed by atoms with Crippen LogP contribution < -0.4 is 20.9 Å². The van der Waals surface area contributed by atoms with Crippen molar-refractivity contribution in [1.29, 1.82) is 0 Å². The lowest BCUT2D eigenvalue weighted by Gasteiger charge is -2.26. The van der Waals surface area contributed by atoms with E-state index in [1.54, 1.807) is 0 Å². The van der Waals surface area contributed by atoms with Gasteiger partial charge in [-0.15, -0.1) is 0 Å². The largest absolute Gasteiger partial charge is 0.454 e. The molecular formula is C17H22N4O2. The number of nitrogens with zero attached hydrogens (tertiary/aromatic N) is 2. The minimum Gasteiger partial charge on any atom is -0.454 e. The number of rotatable bonds is 4. The third-order valence-electron chi connectivity index (χ3n) is 4.42. The Bertz CT molecular complexity index is 720. The molecule has 0 aliphatic carbocycles. The fraction of sp³-hybridized carbons (Fsp3) is 0.412. The number of nitrogens with two attached hydrogens (primary N) is 2. The number of aryl methyl sites for hydroxylation is 1. The number of benzene rings is 1. The molecule has 0 saturated carbocycles. The minimum absolute atomic E-state index is 0.0404. The highest BCUT2D eigenvalue weighted by atomic mass is 16.7. The van der Waals surface area contributed by atoms with Crippen molar-refractivity contribution in [3.63, 3.8) is 0 Å². The summed E-state index contributed by atoms with van der Waals surface area (Å²) < 4.78 is 10.8. The first-order chi connectivity index (χ1) is 10.9. The van der Waals surface area contributed by atoms with Gasteiger partial charge in [-0.05, 0) is 42.9 Å². The Morgan fingerprint density at radius 1 is 1.13 bits per heavy atom. The van der Waals surface area contributed by atoms with Crippen molar-refractivity contribution in [3.05, 3.63) is 35.0 Å². The van der Waals surface area contributed by atoms with Gasteiger partial charge in [0.25, 0.3) is 0 Å². The Morgan fingerprint density at radius 3 is 2.61 bits per heavy atom. The quantitative estimate of drug-likeness (QED) is 0.900. The van der Waals surface area contributed by atoms with E-state index in [1.807, 2.05) is 13.0 Å². The van der Waals surface area contributed by atoms with Gasteiger partial charge in [-0.1, -0.05) is 19.9 Å². The SMILES string of the molecule is Cc1nc(N)nc(N)c1CCC(C)(C)c1ccc2c(c1)OCO2. The number of nitrogen functional groups attached to an aromatic ring is 2. The van der Waals surface area contributed by atoms with Crippen molar-refractivity contribution in [2.75, 3.05) is 18.3 Å². The molecule has 0 atom stereocenters. The van der Waals surface area contributed by atoms with Crippen LogP contribution in [0.1, 0.15) is 37.1 Å². The predicted molar refractivity (Wildman–Crippen MR) is 89.5 cm³/mol. The maximum atomic E-state index is 6.00. The van der Waals surface area contributed by atoms with Crippen molar-refractivity contribution in [3.8, 4) is 11.5 Å². The third-order valence-corrected chi connectivity index (χ3v) is 4.42. The third kappa shape index (κ3) is 3.02. The second-order valence-electron chi connectivity index (χ2n) is 6.48. The Kier molecular flexibility index (Phi) is 3.75. The molecule has 0 unspecified atom stereocenters. The number of anilines is 2. The zero-order chi connectivity index (χ0) is 16.6. The molecule has 0 bridgehead atoms. The smallest absolute Gasteiger partial charge is 0.231 e. The van der Waals surface area contributed by atoms with E-state index < -0.39 is 0 Å². The van der Waals surface area contributed by atoms with E-state index in [4.69, 9.17) is 20.9 Å². The molecule has 1 aliphatic rings. The summed E-state index contributed by atoms with van der Waals surface area (Å²) in [5.74, 6) is 2.30. The van der Waals surface area contributed by atoms with E-state index in [2.05, 4.69) is 35.9 Å². The fourth-order valence-corrected chi connectivity index (χ4v) is 2.85. The molecule has 0 spiro atoms. The van der Waals surface area contributed by atoms with Crippen LogP contribution >= 0.6 is 0 Å². The first-order valence-corrected chi connectivity index (χ1v) is 7.65. The zero-order valence-electron chi connectivity index (χ0n) is 13.7. The number of fused-ring (bicyclic) bond motifs is 1. The van der Waals surface area contributed by atoms with E-state index in [0.717, 1.165) is 35.6 Å². The fourth-order valence-electron chi connectivity index (χ4n) is 2.85.